The van der Waals surface area contributed by atoms with Crippen LogP contribution in [-0.2, 0) is 0 Å². The van der Waals surface area contributed by atoms with E-state index in [4.69, 9.17) is 4.74 Å². The second kappa shape index (κ2) is 10.0. The molecular formula is C22H17FN4O6. The first-order valence-electron chi connectivity index (χ1n) is 9.35. The van der Waals surface area contributed by atoms with Gasteiger partial charge in [0.15, 0.2) is 0 Å². The lowest BCUT2D eigenvalue weighted by molar-refractivity contribution is -0.385. The van der Waals surface area contributed by atoms with Crippen molar-refractivity contribution in [2.24, 2.45) is 5.10 Å². The molecule has 0 aliphatic carbocycles. The van der Waals surface area contributed by atoms with E-state index in [-0.39, 0.29) is 28.1 Å². The minimum atomic E-state index is -0.784. The number of carbonyl (C=O) groups excluding carboxylic acids is 2. The summed E-state index contributed by atoms with van der Waals surface area (Å²) in [5.74, 6) is -2.27. The fourth-order valence-corrected chi connectivity index (χ4v) is 2.78. The number of amides is 2. The molecular weight excluding hydrogens is 435 g/mol. The number of carbonyl (C=O) groups is 2. The van der Waals surface area contributed by atoms with Gasteiger partial charge in [0, 0.05) is 11.1 Å². The highest BCUT2D eigenvalue weighted by atomic mass is 19.1. The molecule has 0 bridgehead atoms. The minimum absolute atomic E-state index is 0.0563. The van der Waals surface area contributed by atoms with Crippen molar-refractivity contribution in [2.75, 3.05) is 12.4 Å². The number of hydrazone groups is 1. The number of rotatable bonds is 7. The molecule has 3 rings (SSSR count). The van der Waals surface area contributed by atoms with Gasteiger partial charge in [0.05, 0.1) is 35.6 Å². The van der Waals surface area contributed by atoms with E-state index in [0.29, 0.717) is 0 Å². The van der Waals surface area contributed by atoms with Gasteiger partial charge in [-0.3, -0.25) is 19.7 Å². The average molecular weight is 452 g/mol. The summed E-state index contributed by atoms with van der Waals surface area (Å²) in [5.41, 5.74) is 2.04. The van der Waals surface area contributed by atoms with Crippen LogP contribution in [0.1, 0.15) is 26.3 Å². The summed E-state index contributed by atoms with van der Waals surface area (Å²) in [6.45, 7) is 0. The fraction of sp³-hybridized carbons (Fsp3) is 0.0455. The number of para-hydroxylation sites is 1. The lowest BCUT2D eigenvalue weighted by Crippen LogP contribution is -2.21. The van der Waals surface area contributed by atoms with Crippen LogP contribution in [-0.4, -0.2) is 35.2 Å². The van der Waals surface area contributed by atoms with Crippen LogP contribution in [0.15, 0.2) is 65.8 Å². The van der Waals surface area contributed by atoms with Gasteiger partial charge >= 0.3 is 5.69 Å². The highest BCUT2D eigenvalue weighted by Crippen LogP contribution is 2.33. The number of aromatic hydroxyl groups is 1. The molecule has 0 aromatic heterocycles. The Hall–Kier alpha value is -4.80. The Morgan fingerprint density at radius 3 is 2.48 bits per heavy atom. The van der Waals surface area contributed by atoms with Crippen molar-refractivity contribution < 1.29 is 28.7 Å². The number of benzene rings is 3. The van der Waals surface area contributed by atoms with Crippen LogP contribution in [0.2, 0.25) is 0 Å². The number of halogens is 1. The maximum atomic E-state index is 13.1. The number of phenolic OH excluding ortho intramolecular Hbond substituents is 1. The lowest BCUT2D eigenvalue weighted by Gasteiger charge is -2.10. The molecule has 0 fully saturated rings. The van der Waals surface area contributed by atoms with E-state index in [2.05, 4.69) is 15.8 Å². The van der Waals surface area contributed by atoms with E-state index in [9.17, 15) is 29.2 Å². The van der Waals surface area contributed by atoms with Gasteiger partial charge in [-0.2, -0.15) is 5.10 Å². The zero-order valence-corrected chi connectivity index (χ0v) is 17.1. The number of ether oxygens (including phenoxy) is 1. The summed E-state index contributed by atoms with van der Waals surface area (Å²) in [5, 5.41) is 27.4. The molecule has 0 aliphatic heterocycles. The van der Waals surface area contributed by atoms with E-state index >= 15 is 0 Å². The summed E-state index contributed by atoms with van der Waals surface area (Å²) >= 11 is 0. The predicted octanol–water partition coefficient (Wildman–Crippen LogP) is 3.46. The first-order chi connectivity index (χ1) is 15.8. The van der Waals surface area contributed by atoms with E-state index < -0.39 is 34.0 Å². The molecule has 33 heavy (non-hydrogen) atoms. The van der Waals surface area contributed by atoms with Crippen molar-refractivity contribution in [3.8, 4) is 11.5 Å². The fourth-order valence-electron chi connectivity index (χ4n) is 2.78. The van der Waals surface area contributed by atoms with Crippen LogP contribution in [0.25, 0.3) is 0 Å². The Balaban J connectivity index is 1.77. The SMILES string of the molecule is COc1cc(/C=N\NC(=O)c2ccccc2NC(=O)c2ccc(F)cc2)c(O)c([N+](=O)[O-])c1. The number of nitro groups is 1. The number of hydrogen-bond acceptors (Lipinski definition) is 7. The first-order valence-corrected chi connectivity index (χ1v) is 9.35. The molecule has 3 aromatic carbocycles. The van der Waals surface area contributed by atoms with Crippen LogP contribution in [0.5, 0.6) is 11.5 Å². The summed E-state index contributed by atoms with van der Waals surface area (Å²) in [6.07, 6.45) is 1.02. The molecule has 0 saturated heterocycles. The zero-order chi connectivity index (χ0) is 24.0. The van der Waals surface area contributed by atoms with E-state index in [1.54, 1.807) is 12.1 Å². The quantitative estimate of drug-likeness (QED) is 0.285. The average Bonchev–Trinajstić information content (AvgIpc) is 2.80. The lowest BCUT2D eigenvalue weighted by atomic mass is 10.1. The standard InChI is InChI=1S/C22H17FN4O6/c1-33-16-10-14(20(28)19(11-16)27(31)32)12-24-26-22(30)17-4-2-3-5-18(17)25-21(29)13-6-8-15(23)9-7-13/h2-12,28H,1H3,(H,25,29)(H,26,30)/b24-12-. The molecule has 0 atom stereocenters. The molecule has 168 valence electrons. The minimum Gasteiger partial charge on any atom is -0.502 e. The second-order valence-corrected chi connectivity index (χ2v) is 6.55. The predicted molar refractivity (Wildman–Crippen MR) is 117 cm³/mol. The molecule has 3 aromatic rings. The summed E-state index contributed by atoms with van der Waals surface area (Å²) < 4.78 is 18.0. The van der Waals surface area contributed by atoms with Crippen LogP contribution in [0.3, 0.4) is 0 Å². The molecule has 2 amide bonds. The number of hydrogen-bond donors (Lipinski definition) is 3. The Labute approximate surface area is 186 Å². The van der Waals surface area contributed by atoms with Gasteiger partial charge in [-0.1, -0.05) is 12.1 Å². The third kappa shape index (κ3) is 5.47. The Morgan fingerprint density at radius 2 is 1.82 bits per heavy atom. The van der Waals surface area contributed by atoms with E-state index in [0.717, 1.165) is 24.4 Å². The largest absolute Gasteiger partial charge is 0.502 e. The maximum absolute atomic E-state index is 13.1. The Morgan fingerprint density at radius 1 is 1.12 bits per heavy atom. The summed E-state index contributed by atoms with van der Waals surface area (Å²) in [4.78, 5) is 35.3. The van der Waals surface area contributed by atoms with Crippen molar-refractivity contribution in [1.82, 2.24) is 5.43 Å². The first kappa shape index (κ1) is 22.9. The van der Waals surface area contributed by atoms with Gasteiger partial charge in [0.2, 0.25) is 5.75 Å². The molecule has 0 aliphatic rings. The summed E-state index contributed by atoms with van der Waals surface area (Å²) in [6, 6.07) is 13.4. The van der Waals surface area contributed by atoms with Crippen LogP contribution >= 0.6 is 0 Å². The third-order valence-corrected chi connectivity index (χ3v) is 4.42. The number of anilines is 1. The molecule has 0 radical (unpaired) electrons. The molecule has 3 N–H and O–H groups in total. The van der Waals surface area contributed by atoms with Crippen molar-refractivity contribution in [3.63, 3.8) is 0 Å². The Bertz CT molecular complexity index is 1240. The third-order valence-electron chi connectivity index (χ3n) is 4.42. The number of nitrogens with one attached hydrogen (secondary N) is 2. The van der Waals surface area contributed by atoms with E-state index in [1.807, 2.05) is 0 Å². The van der Waals surface area contributed by atoms with Gasteiger partial charge < -0.3 is 15.2 Å². The molecule has 10 nitrogen and oxygen atoms in total. The van der Waals surface area contributed by atoms with Crippen molar-refractivity contribution >= 4 is 29.4 Å². The number of nitrogens with zero attached hydrogens (tertiary/aromatic N) is 2. The highest BCUT2D eigenvalue weighted by molar-refractivity contribution is 6.09. The summed E-state index contributed by atoms with van der Waals surface area (Å²) in [7, 11) is 1.30. The van der Waals surface area contributed by atoms with Crippen LogP contribution in [0, 0.1) is 15.9 Å². The molecule has 0 saturated carbocycles. The zero-order valence-electron chi connectivity index (χ0n) is 17.1. The molecule has 0 unspecified atom stereocenters. The highest BCUT2D eigenvalue weighted by Gasteiger charge is 2.19. The topological polar surface area (TPSA) is 143 Å². The second-order valence-electron chi connectivity index (χ2n) is 6.55. The van der Waals surface area contributed by atoms with Gasteiger partial charge in [0.25, 0.3) is 11.8 Å². The molecule has 0 spiro atoms. The van der Waals surface area contributed by atoms with Gasteiger partial charge in [-0.05, 0) is 42.5 Å². The monoisotopic (exact) mass is 452 g/mol. The van der Waals surface area contributed by atoms with Gasteiger partial charge in [-0.25, -0.2) is 9.82 Å². The van der Waals surface area contributed by atoms with Crippen LogP contribution < -0.4 is 15.5 Å². The van der Waals surface area contributed by atoms with Gasteiger partial charge in [0.1, 0.15) is 11.6 Å². The smallest absolute Gasteiger partial charge is 0.315 e. The van der Waals surface area contributed by atoms with Crippen LogP contribution in [0.4, 0.5) is 15.8 Å². The number of phenols is 1. The Kier molecular flexibility index (Phi) is 6.94. The normalized spacial score (nSPS) is 10.6. The number of nitro benzene ring substituents is 1. The van der Waals surface area contributed by atoms with Crippen molar-refractivity contribution in [2.45, 2.75) is 0 Å². The van der Waals surface area contributed by atoms with Crippen molar-refractivity contribution in [3.05, 3.63) is 93.3 Å². The van der Waals surface area contributed by atoms with E-state index in [1.165, 1.54) is 37.4 Å². The number of methoxy groups -OCH3 is 1. The molecule has 11 heteroatoms. The molecule has 0 heterocycles. The maximum Gasteiger partial charge on any atom is 0.315 e. The van der Waals surface area contributed by atoms with Crippen molar-refractivity contribution in [1.29, 1.82) is 0 Å². The van der Waals surface area contributed by atoms with Gasteiger partial charge in [-0.15, -0.1) is 0 Å².